The average Bonchev–Trinajstić information content (AvgIpc) is 3.00. The van der Waals surface area contributed by atoms with E-state index in [1.54, 1.807) is 0 Å². The zero-order valence-corrected chi connectivity index (χ0v) is 13.1. The number of halogens is 1. The molecule has 3 heterocycles. The molecular formula is C15H18ClN5O. The first-order valence-electron chi connectivity index (χ1n) is 8.10. The molecule has 2 aromatic heterocycles. The molecule has 0 spiro atoms. The van der Waals surface area contributed by atoms with Crippen LogP contribution in [0.1, 0.15) is 48.6 Å². The third-order valence-electron chi connectivity index (χ3n) is 5.40. The Kier molecular flexibility index (Phi) is 2.85. The molecule has 0 aromatic carbocycles. The molecule has 1 saturated heterocycles. The predicted molar refractivity (Wildman–Crippen MR) is 82.8 cm³/mol. The van der Waals surface area contributed by atoms with Crippen molar-refractivity contribution in [3.05, 3.63) is 16.3 Å². The zero-order chi connectivity index (χ0) is 14.7. The van der Waals surface area contributed by atoms with Crippen molar-refractivity contribution < 1.29 is 4.74 Å². The molecule has 1 aliphatic heterocycles. The summed E-state index contributed by atoms with van der Waals surface area (Å²) in [6.07, 6.45) is 4.96. The van der Waals surface area contributed by atoms with Crippen LogP contribution in [0.25, 0.3) is 5.65 Å². The average molecular weight is 320 g/mol. The highest BCUT2D eigenvalue weighted by Gasteiger charge is 2.38. The Morgan fingerprint density at radius 2 is 1.64 bits per heavy atom. The van der Waals surface area contributed by atoms with E-state index in [0.29, 0.717) is 17.0 Å². The van der Waals surface area contributed by atoms with E-state index in [1.165, 1.54) is 36.8 Å². The van der Waals surface area contributed by atoms with Gasteiger partial charge in [0.1, 0.15) is 0 Å². The second kappa shape index (κ2) is 4.80. The molecule has 0 radical (unpaired) electrons. The minimum Gasteiger partial charge on any atom is -0.378 e. The number of rotatable bonds is 1. The lowest BCUT2D eigenvalue weighted by atomic mass is 9.68. The summed E-state index contributed by atoms with van der Waals surface area (Å²) in [5.41, 5.74) is 3.47. The molecule has 22 heavy (non-hydrogen) atoms. The number of anilines is 1. The van der Waals surface area contributed by atoms with Crippen molar-refractivity contribution in [2.75, 3.05) is 31.2 Å². The van der Waals surface area contributed by atoms with Crippen LogP contribution in [0.15, 0.2) is 0 Å². The fourth-order valence-electron chi connectivity index (χ4n) is 4.33. The molecule has 2 bridgehead atoms. The Morgan fingerprint density at radius 3 is 2.36 bits per heavy atom. The van der Waals surface area contributed by atoms with Gasteiger partial charge in [-0.1, -0.05) is 11.6 Å². The first-order chi connectivity index (χ1) is 10.8. The summed E-state index contributed by atoms with van der Waals surface area (Å²) in [5.74, 6) is 1.93. The molecule has 6 nitrogen and oxygen atoms in total. The Morgan fingerprint density at radius 1 is 0.955 bits per heavy atom. The maximum absolute atomic E-state index is 6.55. The lowest BCUT2D eigenvalue weighted by molar-refractivity contribution is 0.122. The molecule has 0 amide bonds. The van der Waals surface area contributed by atoms with Crippen LogP contribution in [-0.2, 0) is 4.74 Å². The SMILES string of the molecule is Clc1nn2c(N3CCOCC3)nnc2c2c1C1CCC2CC1. The van der Waals surface area contributed by atoms with Gasteiger partial charge in [-0.05, 0) is 37.5 Å². The van der Waals surface area contributed by atoms with Gasteiger partial charge in [-0.3, -0.25) is 0 Å². The molecule has 1 saturated carbocycles. The van der Waals surface area contributed by atoms with Gasteiger partial charge in [0, 0.05) is 24.2 Å². The maximum Gasteiger partial charge on any atom is 0.248 e. The van der Waals surface area contributed by atoms with Gasteiger partial charge >= 0.3 is 0 Å². The Labute approximate surface area is 133 Å². The summed E-state index contributed by atoms with van der Waals surface area (Å²) >= 11 is 6.55. The number of ether oxygens (including phenoxy) is 1. The minimum atomic E-state index is 0.563. The number of hydrogen-bond donors (Lipinski definition) is 0. The van der Waals surface area contributed by atoms with Gasteiger partial charge in [0.15, 0.2) is 10.8 Å². The van der Waals surface area contributed by atoms with Crippen LogP contribution in [0.3, 0.4) is 0 Å². The minimum absolute atomic E-state index is 0.563. The quantitative estimate of drug-likeness (QED) is 0.807. The number of fused-ring (bicyclic) bond motifs is 3. The molecule has 0 atom stereocenters. The van der Waals surface area contributed by atoms with Crippen molar-refractivity contribution in [3.8, 4) is 0 Å². The predicted octanol–water partition coefficient (Wildman–Crippen LogP) is 2.37. The van der Waals surface area contributed by atoms with Gasteiger partial charge in [0.05, 0.1) is 13.2 Å². The van der Waals surface area contributed by atoms with Crippen LogP contribution in [0, 0.1) is 0 Å². The Bertz CT molecular complexity index is 731. The summed E-state index contributed by atoms with van der Waals surface area (Å²) in [5, 5.41) is 14.2. The van der Waals surface area contributed by atoms with E-state index < -0.39 is 0 Å². The van der Waals surface area contributed by atoms with Crippen molar-refractivity contribution in [3.63, 3.8) is 0 Å². The smallest absolute Gasteiger partial charge is 0.248 e. The summed E-state index contributed by atoms with van der Waals surface area (Å²) in [6.45, 7) is 3.09. The van der Waals surface area contributed by atoms with E-state index in [-0.39, 0.29) is 0 Å². The summed E-state index contributed by atoms with van der Waals surface area (Å²) < 4.78 is 7.27. The lowest BCUT2D eigenvalue weighted by Crippen LogP contribution is -2.37. The topological polar surface area (TPSA) is 55.5 Å². The Hall–Kier alpha value is -1.40. The first kappa shape index (κ1) is 13.1. The van der Waals surface area contributed by atoms with E-state index in [4.69, 9.17) is 16.3 Å². The molecule has 2 fully saturated rings. The van der Waals surface area contributed by atoms with Crippen molar-refractivity contribution in [2.24, 2.45) is 0 Å². The fraction of sp³-hybridized carbons (Fsp3) is 0.667. The van der Waals surface area contributed by atoms with Gasteiger partial charge in [-0.25, -0.2) is 0 Å². The standard InChI is InChI=1S/C15H18ClN5O/c16-13-11-9-1-3-10(4-2-9)12(11)14-17-18-15(21(14)19-13)20-5-7-22-8-6-20/h9-10H,1-8H2. The number of nitrogens with zero attached hydrogens (tertiary/aromatic N) is 5. The summed E-state index contributed by atoms with van der Waals surface area (Å²) in [6, 6.07) is 0. The van der Waals surface area contributed by atoms with Gasteiger partial charge in [-0.15, -0.1) is 10.2 Å². The molecule has 3 aliphatic carbocycles. The molecule has 2 aromatic rings. The van der Waals surface area contributed by atoms with Crippen LogP contribution >= 0.6 is 11.6 Å². The number of aromatic nitrogens is 4. The molecule has 116 valence electrons. The van der Waals surface area contributed by atoms with Crippen LogP contribution in [-0.4, -0.2) is 46.1 Å². The van der Waals surface area contributed by atoms with E-state index in [2.05, 4.69) is 20.2 Å². The highest BCUT2D eigenvalue weighted by Crippen LogP contribution is 2.52. The third kappa shape index (κ3) is 1.74. The monoisotopic (exact) mass is 319 g/mol. The van der Waals surface area contributed by atoms with Crippen molar-refractivity contribution in [1.82, 2.24) is 19.8 Å². The van der Waals surface area contributed by atoms with E-state index in [1.807, 2.05) is 4.52 Å². The molecule has 7 heteroatoms. The van der Waals surface area contributed by atoms with Crippen LogP contribution in [0.2, 0.25) is 5.15 Å². The molecule has 0 unspecified atom stereocenters. The fourth-order valence-corrected chi connectivity index (χ4v) is 4.66. The number of morpholine rings is 1. The molecule has 0 N–H and O–H groups in total. The largest absolute Gasteiger partial charge is 0.378 e. The zero-order valence-electron chi connectivity index (χ0n) is 12.3. The molecular weight excluding hydrogens is 302 g/mol. The van der Waals surface area contributed by atoms with Crippen LogP contribution < -0.4 is 4.90 Å². The van der Waals surface area contributed by atoms with E-state index in [9.17, 15) is 0 Å². The maximum atomic E-state index is 6.55. The van der Waals surface area contributed by atoms with Gasteiger partial charge < -0.3 is 9.64 Å². The molecule has 6 rings (SSSR count). The summed E-state index contributed by atoms with van der Waals surface area (Å²) in [7, 11) is 0. The van der Waals surface area contributed by atoms with Crippen LogP contribution in [0.4, 0.5) is 5.95 Å². The summed E-state index contributed by atoms with van der Waals surface area (Å²) in [4.78, 5) is 2.18. The third-order valence-corrected chi connectivity index (χ3v) is 5.68. The van der Waals surface area contributed by atoms with E-state index >= 15 is 0 Å². The second-order valence-corrected chi connectivity index (χ2v) is 6.86. The second-order valence-electron chi connectivity index (χ2n) is 6.50. The Balaban J connectivity index is 1.71. The van der Waals surface area contributed by atoms with E-state index in [0.717, 1.165) is 37.9 Å². The van der Waals surface area contributed by atoms with Gasteiger partial charge in [0.25, 0.3) is 0 Å². The highest BCUT2D eigenvalue weighted by molar-refractivity contribution is 6.30. The van der Waals surface area contributed by atoms with Gasteiger partial charge in [-0.2, -0.15) is 9.61 Å². The van der Waals surface area contributed by atoms with Crippen LogP contribution in [0.5, 0.6) is 0 Å². The first-order valence-corrected chi connectivity index (χ1v) is 8.48. The molecule has 4 aliphatic rings. The lowest BCUT2D eigenvalue weighted by Gasteiger charge is -2.38. The van der Waals surface area contributed by atoms with Crippen molar-refractivity contribution in [2.45, 2.75) is 37.5 Å². The normalized spacial score (nSPS) is 27.4. The number of hydrogen-bond acceptors (Lipinski definition) is 5. The van der Waals surface area contributed by atoms with Gasteiger partial charge in [0.2, 0.25) is 5.95 Å². The highest BCUT2D eigenvalue weighted by atomic mass is 35.5. The van der Waals surface area contributed by atoms with Crippen molar-refractivity contribution in [1.29, 1.82) is 0 Å². The van der Waals surface area contributed by atoms with Crippen molar-refractivity contribution >= 4 is 23.2 Å².